The van der Waals surface area contributed by atoms with Crippen LogP contribution in [0.1, 0.15) is 18.2 Å². The van der Waals surface area contributed by atoms with Crippen LogP contribution in [0.2, 0.25) is 0 Å². The highest BCUT2D eigenvalue weighted by Gasteiger charge is 2.29. The molecule has 0 radical (unpaired) electrons. The van der Waals surface area contributed by atoms with Crippen molar-refractivity contribution in [3.8, 4) is 11.4 Å². The summed E-state index contributed by atoms with van der Waals surface area (Å²) >= 11 is 0. The van der Waals surface area contributed by atoms with Crippen molar-refractivity contribution in [3.63, 3.8) is 0 Å². The zero-order valence-electron chi connectivity index (χ0n) is 10.0. The SMILES string of the molecule is O=C1CCOCC1c1nc(-c2cccc(F)c2)no1. The van der Waals surface area contributed by atoms with Crippen LogP contribution in [-0.4, -0.2) is 29.1 Å². The van der Waals surface area contributed by atoms with Crippen LogP contribution in [0.15, 0.2) is 28.8 Å². The van der Waals surface area contributed by atoms with Crippen molar-refractivity contribution in [2.24, 2.45) is 0 Å². The van der Waals surface area contributed by atoms with Crippen LogP contribution in [0, 0.1) is 5.82 Å². The number of ether oxygens (including phenoxy) is 1. The standard InChI is InChI=1S/C13H11FN2O3/c14-9-3-1-2-8(6-9)12-15-13(19-16-12)10-7-18-5-4-11(10)17/h1-3,6,10H,4-5,7H2. The molecule has 98 valence electrons. The Kier molecular flexibility index (Phi) is 3.08. The van der Waals surface area contributed by atoms with Crippen molar-refractivity contribution in [1.82, 2.24) is 10.1 Å². The molecule has 0 N–H and O–H groups in total. The summed E-state index contributed by atoms with van der Waals surface area (Å²) in [5.41, 5.74) is 0.513. The number of Topliss-reactive ketones (excluding diaryl/α,β-unsaturated/α-hetero) is 1. The highest BCUT2D eigenvalue weighted by atomic mass is 19.1. The molecule has 0 aliphatic carbocycles. The van der Waals surface area contributed by atoms with Gasteiger partial charge in [0.15, 0.2) is 0 Å². The molecule has 0 spiro atoms. The summed E-state index contributed by atoms with van der Waals surface area (Å²) in [7, 11) is 0. The average Bonchev–Trinajstić information content (AvgIpc) is 2.89. The molecule has 0 amide bonds. The third-order valence-corrected chi connectivity index (χ3v) is 2.99. The van der Waals surface area contributed by atoms with Crippen molar-refractivity contribution < 1.29 is 18.4 Å². The Bertz CT molecular complexity index is 611. The third-order valence-electron chi connectivity index (χ3n) is 2.99. The molecule has 1 atom stereocenters. The molecule has 19 heavy (non-hydrogen) atoms. The van der Waals surface area contributed by atoms with Crippen LogP contribution < -0.4 is 0 Å². The van der Waals surface area contributed by atoms with Crippen LogP contribution in [-0.2, 0) is 9.53 Å². The lowest BCUT2D eigenvalue weighted by Crippen LogP contribution is -2.25. The molecule has 2 aromatic rings. The summed E-state index contributed by atoms with van der Waals surface area (Å²) in [5, 5.41) is 3.78. The predicted molar refractivity (Wildman–Crippen MR) is 62.9 cm³/mol. The molecule has 1 unspecified atom stereocenters. The number of rotatable bonds is 2. The minimum Gasteiger partial charge on any atom is -0.380 e. The zero-order chi connectivity index (χ0) is 13.2. The first-order valence-corrected chi connectivity index (χ1v) is 5.94. The van der Waals surface area contributed by atoms with Gasteiger partial charge in [0.25, 0.3) is 0 Å². The lowest BCUT2D eigenvalue weighted by molar-refractivity contribution is -0.127. The van der Waals surface area contributed by atoms with E-state index >= 15 is 0 Å². The molecule has 0 bridgehead atoms. The lowest BCUT2D eigenvalue weighted by Gasteiger charge is -2.16. The first-order chi connectivity index (χ1) is 9.24. The van der Waals surface area contributed by atoms with Crippen molar-refractivity contribution in [3.05, 3.63) is 36.0 Å². The van der Waals surface area contributed by atoms with Crippen molar-refractivity contribution in [1.29, 1.82) is 0 Å². The van der Waals surface area contributed by atoms with Gasteiger partial charge in [-0.15, -0.1) is 0 Å². The fourth-order valence-corrected chi connectivity index (χ4v) is 1.97. The molecule has 1 aromatic heterocycles. The number of halogens is 1. The largest absolute Gasteiger partial charge is 0.380 e. The van der Waals surface area contributed by atoms with Gasteiger partial charge in [-0.1, -0.05) is 17.3 Å². The number of ketones is 1. The van der Waals surface area contributed by atoms with E-state index in [4.69, 9.17) is 9.26 Å². The maximum absolute atomic E-state index is 13.1. The molecule has 1 fully saturated rings. The van der Waals surface area contributed by atoms with Crippen molar-refractivity contribution in [2.75, 3.05) is 13.2 Å². The third kappa shape index (κ3) is 2.39. The molecule has 6 heteroatoms. The predicted octanol–water partition coefficient (Wildman–Crippen LogP) is 1.95. The van der Waals surface area contributed by atoms with Gasteiger partial charge in [-0.3, -0.25) is 4.79 Å². The van der Waals surface area contributed by atoms with Crippen LogP contribution in [0.5, 0.6) is 0 Å². The zero-order valence-corrected chi connectivity index (χ0v) is 10.0. The number of carbonyl (C=O) groups is 1. The summed E-state index contributed by atoms with van der Waals surface area (Å²) in [4.78, 5) is 15.9. The minimum absolute atomic E-state index is 0.0284. The van der Waals surface area contributed by atoms with E-state index in [9.17, 15) is 9.18 Å². The number of hydrogen-bond donors (Lipinski definition) is 0. The fourth-order valence-electron chi connectivity index (χ4n) is 1.97. The molecule has 1 aromatic carbocycles. The van der Waals surface area contributed by atoms with Gasteiger partial charge >= 0.3 is 0 Å². The maximum atomic E-state index is 13.1. The van der Waals surface area contributed by atoms with Gasteiger partial charge in [0.1, 0.15) is 17.5 Å². The Hall–Kier alpha value is -2.08. The Morgan fingerprint density at radius 2 is 2.26 bits per heavy atom. The average molecular weight is 262 g/mol. The van der Waals surface area contributed by atoms with E-state index in [1.165, 1.54) is 12.1 Å². The van der Waals surface area contributed by atoms with Gasteiger partial charge in [-0.05, 0) is 12.1 Å². The Balaban J connectivity index is 1.89. The summed E-state index contributed by atoms with van der Waals surface area (Å²) in [6.07, 6.45) is 0.350. The molecule has 5 nitrogen and oxygen atoms in total. The summed E-state index contributed by atoms with van der Waals surface area (Å²) in [5.74, 6) is -0.359. The van der Waals surface area contributed by atoms with Crippen molar-refractivity contribution in [2.45, 2.75) is 12.3 Å². The topological polar surface area (TPSA) is 65.2 Å². The number of carbonyl (C=O) groups excluding carboxylic acids is 1. The Morgan fingerprint density at radius 1 is 1.37 bits per heavy atom. The quantitative estimate of drug-likeness (QED) is 0.827. The van der Waals surface area contributed by atoms with Crippen LogP contribution in [0.4, 0.5) is 4.39 Å². The van der Waals surface area contributed by atoms with Crippen LogP contribution in [0.25, 0.3) is 11.4 Å². The second-order valence-electron chi connectivity index (χ2n) is 4.31. The van der Waals surface area contributed by atoms with E-state index in [2.05, 4.69) is 10.1 Å². The molecule has 0 saturated carbocycles. The monoisotopic (exact) mass is 262 g/mol. The van der Waals surface area contributed by atoms with Crippen LogP contribution >= 0.6 is 0 Å². The number of aromatic nitrogens is 2. The minimum atomic E-state index is -0.511. The summed E-state index contributed by atoms with van der Waals surface area (Å²) in [6, 6.07) is 5.89. The van der Waals surface area contributed by atoms with Gasteiger partial charge < -0.3 is 9.26 Å². The van der Waals surface area contributed by atoms with E-state index in [-0.39, 0.29) is 29.9 Å². The molecule has 1 aliphatic rings. The summed E-state index contributed by atoms with van der Waals surface area (Å²) in [6.45, 7) is 0.684. The Labute approximate surface area is 108 Å². The second-order valence-corrected chi connectivity index (χ2v) is 4.31. The Morgan fingerprint density at radius 3 is 3.05 bits per heavy atom. The first kappa shape index (κ1) is 12.0. The number of hydrogen-bond acceptors (Lipinski definition) is 5. The van der Waals surface area contributed by atoms with E-state index in [0.717, 1.165) is 0 Å². The smallest absolute Gasteiger partial charge is 0.239 e. The van der Waals surface area contributed by atoms with Crippen molar-refractivity contribution >= 4 is 5.78 Å². The van der Waals surface area contributed by atoms with E-state index in [1.54, 1.807) is 12.1 Å². The molecule has 3 rings (SSSR count). The van der Waals surface area contributed by atoms with Gasteiger partial charge in [-0.25, -0.2) is 4.39 Å². The van der Waals surface area contributed by atoms with Gasteiger partial charge in [-0.2, -0.15) is 4.98 Å². The second kappa shape index (κ2) is 4.89. The van der Waals surface area contributed by atoms with Gasteiger partial charge in [0.2, 0.25) is 11.7 Å². The molecular formula is C13H11FN2O3. The normalized spacial score (nSPS) is 19.6. The van der Waals surface area contributed by atoms with E-state index in [0.29, 0.717) is 18.6 Å². The van der Waals surface area contributed by atoms with E-state index < -0.39 is 5.92 Å². The fraction of sp³-hybridized carbons (Fsp3) is 0.308. The molecule has 1 aliphatic heterocycles. The molecule has 1 saturated heterocycles. The van der Waals surface area contributed by atoms with Gasteiger partial charge in [0.05, 0.1) is 13.2 Å². The lowest BCUT2D eigenvalue weighted by atomic mass is 10.0. The molecular weight excluding hydrogens is 251 g/mol. The summed E-state index contributed by atoms with van der Waals surface area (Å²) < 4.78 is 23.4. The van der Waals surface area contributed by atoms with E-state index in [1.807, 2.05) is 0 Å². The first-order valence-electron chi connectivity index (χ1n) is 5.94. The van der Waals surface area contributed by atoms with Gasteiger partial charge in [0, 0.05) is 12.0 Å². The number of nitrogens with zero attached hydrogens (tertiary/aromatic N) is 2. The highest BCUT2D eigenvalue weighted by Crippen LogP contribution is 2.24. The number of benzene rings is 1. The highest BCUT2D eigenvalue weighted by molar-refractivity contribution is 5.85. The molecule has 2 heterocycles. The maximum Gasteiger partial charge on any atom is 0.239 e. The van der Waals surface area contributed by atoms with Crippen LogP contribution in [0.3, 0.4) is 0 Å².